The Morgan fingerprint density at radius 3 is 2.54 bits per heavy atom. The highest BCUT2D eigenvalue weighted by Gasteiger charge is 2.44. The number of halogens is 4. The van der Waals surface area contributed by atoms with Gasteiger partial charge in [0.05, 0.1) is 17.3 Å². The van der Waals surface area contributed by atoms with E-state index in [2.05, 4.69) is 25.9 Å². The summed E-state index contributed by atoms with van der Waals surface area (Å²) in [5, 5.41) is 7.90. The summed E-state index contributed by atoms with van der Waals surface area (Å²) in [5.41, 5.74) is -0.175. The largest absolute Gasteiger partial charge is 0.439 e. The molecule has 2 unspecified atom stereocenters. The first-order valence-electron chi connectivity index (χ1n) is 11.4. The molecular formula is C25H21F4N5O3. The Morgan fingerprint density at radius 1 is 1.05 bits per heavy atom. The van der Waals surface area contributed by atoms with E-state index in [1.165, 1.54) is 12.4 Å². The molecule has 1 aliphatic heterocycles. The average Bonchev–Trinajstić information content (AvgIpc) is 3.74. The Bertz CT molecular complexity index is 1380. The van der Waals surface area contributed by atoms with Crippen molar-refractivity contribution in [3.8, 4) is 11.6 Å². The van der Waals surface area contributed by atoms with E-state index in [9.17, 15) is 27.2 Å². The minimum Gasteiger partial charge on any atom is -0.439 e. The fraction of sp³-hybridized carbons (Fsp3) is 0.280. The number of rotatable bonds is 7. The molecule has 3 aromatic rings. The molecule has 1 aromatic carbocycles. The molecule has 192 valence electrons. The number of pyridine rings is 2. The van der Waals surface area contributed by atoms with E-state index in [-0.39, 0.29) is 17.7 Å². The van der Waals surface area contributed by atoms with Crippen LogP contribution in [-0.2, 0) is 15.8 Å². The van der Waals surface area contributed by atoms with Gasteiger partial charge in [0.15, 0.2) is 0 Å². The summed E-state index contributed by atoms with van der Waals surface area (Å²) in [4.78, 5) is 32.9. The summed E-state index contributed by atoms with van der Waals surface area (Å²) in [6.07, 6.45) is 0.111. The van der Waals surface area contributed by atoms with E-state index in [1.54, 1.807) is 25.1 Å². The third-order valence-electron chi connectivity index (χ3n) is 6.03. The van der Waals surface area contributed by atoms with Crippen molar-refractivity contribution >= 4 is 23.3 Å². The molecule has 3 N–H and O–H groups in total. The number of aryl methyl sites for hydroxylation is 1. The van der Waals surface area contributed by atoms with Gasteiger partial charge in [0.1, 0.15) is 23.4 Å². The van der Waals surface area contributed by atoms with Gasteiger partial charge in [0.25, 0.3) is 0 Å². The first kappa shape index (κ1) is 24.6. The summed E-state index contributed by atoms with van der Waals surface area (Å²) in [7, 11) is 0. The number of nitrogens with zero attached hydrogens (tertiary/aromatic N) is 2. The molecule has 0 spiro atoms. The van der Waals surface area contributed by atoms with E-state index in [4.69, 9.17) is 4.74 Å². The SMILES string of the molecule is Cc1cc(Oc2ccnc(NC(=O)C3CC3)c2)ncc1C1NC1C(=O)Nc1cc(C(F)(F)F)ccc1F. The monoisotopic (exact) mass is 515 g/mol. The summed E-state index contributed by atoms with van der Waals surface area (Å²) in [5.74, 6) is -0.602. The van der Waals surface area contributed by atoms with Crippen molar-refractivity contribution in [2.45, 2.75) is 38.0 Å². The maximum atomic E-state index is 14.0. The molecule has 0 bridgehead atoms. The van der Waals surface area contributed by atoms with Crippen LogP contribution < -0.4 is 20.7 Å². The normalized spacial score (nSPS) is 18.7. The van der Waals surface area contributed by atoms with Gasteiger partial charge in [-0.1, -0.05) is 0 Å². The van der Waals surface area contributed by atoms with Crippen LogP contribution in [-0.4, -0.2) is 27.8 Å². The first-order valence-corrected chi connectivity index (χ1v) is 11.4. The topological polar surface area (TPSA) is 115 Å². The van der Waals surface area contributed by atoms with E-state index < -0.39 is 41.2 Å². The van der Waals surface area contributed by atoms with Crippen molar-refractivity contribution in [2.75, 3.05) is 10.6 Å². The number of amides is 2. The van der Waals surface area contributed by atoms with E-state index in [0.717, 1.165) is 18.4 Å². The second kappa shape index (κ2) is 9.43. The summed E-state index contributed by atoms with van der Waals surface area (Å²) < 4.78 is 58.5. The third kappa shape index (κ3) is 5.69. The number of carbonyl (C=O) groups excluding carboxylic acids is 2. The first-order chi connectivity index (χ1) is 17.6. The molecule has 2 fully saturated rings. The van der Waals surface area contributed by atoms with Gasteiger partial charge in [0, 0.05) is 30.4 Å². The highest BCUT2D eigenvalue weighted by atomic mass is 19.4. The summed E-state index contributed by atoms with van der Waals surface area (Å²) in [6.45, 7) is 1.79. The lowest BCUT2D eigenvalue weighted by Crippen LogP contribution is -2.21. The lowest BCUT2D eigenvalue weighted by Gasteiger charge is -2.11. The third-order valence-corrected chi connectivity index (χ3v) is 6.03. The predicted molar refractivity (Wildman–Crippen MR) is 124 cm³/mol. The Hall–Kier alpha value is -4.06. The highest BCUT2D eigenvalue weighted by Crippen LogP contribution is 2.36. The van der Waals surface area contributed by atoms with Gasteiger partial charge in [-0.3, -0.25) is 14.9 Å². The number of benzene rings is 1. The minimum atomic E-state index is -4.66. The number of ether oxygens (including phenoxy) is 1. The van der Waals surface area contributed by atoms with E-state index in [0.29, 0.717) is 35.3 Å². The van der Waals surface area contributed by atoms with E-state index >= 15 is 0 Å². The highest BCUT2D eigenvalue weighted by molar-refractivity contribution is 5.98. The maximum Gasteiger partial charge on any atom is 0.416 e. The van der Waals surface area contributed by atoms with Crippen molar-refractivity contribution in [3.63, 3.8) is 0 Å². The van der Waals surface area contributed by atoms with Crippen molar-refractivity contribution in [1.82, 2.24) is 15.3 Å². The van der Waals surface area contributed by atoms with Gasteiger partial charge in [-0.15, -0.1) is 0 Å². The van der Waals surface area contributed by atoms with Gasteiger partial charge in [0.2, 0.25) is 17.7 Å². The standard InChI is InChI=1S/C25H21F4N5O3/c1-12-8-20(37-15-6-7-30-19(10-15)33-23(35)13-2-3-13)31-11-16(12)21-22(34-21)24(36)32-18-9-14(25(27,28)29)4-5-17(18)26/h4-11,13,21-22,34H,2-3H2,1H3,(H,32,36)(H,30,33,35). The zero-order valence-corrected chi connectivity index (χ0v) is 19.4. The molecule has 12 heteroatoms. The number of nitrogens with one attached hydrogen (secondary N) is 3. The van der Waals surface area contributed by atoms with Crippen LogP contribution in [0.15, 0.2) is 48.8 Å². The number of aromatic nitrogens is 2. The molecule has 0 radical (unpaired) electrons. The molecule has 2 atom stereocenters. The van der Waals surface area contributed by atoms with Gasteiger partial charge in [-0.25, -0.2) is 14.4 Å². The Balaban J connectivity index is 1.22. The Morgan fingerprint density at radius 2 is 1.84 bits per heavy atom. The zero-order chi connectivity index (χ0) is 26.3. The van der Waals surface area contributed by atoms with Crippen LogP contribution >= 0.6 is 0 Å². The van der Waals surface area contributed by atoms with Crippen molar-refractivity contribution in [3.05, 3.63) is 71.3 Å². The fourth-order valence-corrected chi connectivity index (χ4v) is 3.80. The molecule has 1 saturated heterocycles. The van der Waals surface area contributed by atoms with Crippen molar-refractivity contribution in [2.24, 2.45) is 5.92 Å². The van der Waals surface area contributed by atoms with Gasteiger partial charge >= 0.3 is 6.18 Å². The molecule has 2 aliphatic rings. The molecule has 1 saturated carbocycles. The van der Waals surface area contributed by atoms with Crippen LogP contribution in [0.5, 0.6) is 11.6 Å². The van der Waals surface area contributed by atoms with Crippen LogP contribution in [0.2, 0.25) is 0 Å². The molecule has 2 amide bonds. The lowest BCUT2D eigenvalue weighted by molar-refractivity contribution is -0.137. The molecule has 3 heterocycles. The van der Waals surface area contributed by atoms with Crippen LogP contribution in [0, 0.1) is 18.7 Å². The number of hydrogen-bond acceptors (Lipinski definition) is 6. The predicted octanol–water partition coefficient (Wildman–Crippen LogP) is 4.74. The second-order valence-corrected chi connectivity index (χ2v) is 8.93. The van der Waals surface area contributed by atoms with Gasteiger partial charge < -0.3 is 15.4 Å². The van der Waals surface area contributed by atoms with E-state index in [1.807, 2.05) is 0 Å². The fourth-order valence-electron chi connectivity index (χ4n) is 3.80. The minimum absolute atomic E-state index is 0.0363. The molecule has 2 aromatic heterocycles. The van der Waals surface area contributed by atoms with Crippen LogP contribution in [0.1, 0.15) is 35.6 Å². The Labute approximate surface area is 208 Å². The quantitative estimate of drug-likeness (QED) is 0.310. The lowest BCUT2D eigenvalue weighted by atomic mass is 10.1. The van der Waals surface area contributed by atoms with Crippen molar-refractivity contribution < 1.29 is 31.9 Å². The molecule has 1 aliphatic carbocycles. The smallest absolute Gasteiger partial charge is 0.416 e. The van der Waals surface area contributed by atoms with Gasteiger partial charge in [-0.2, -0.15) is 13.2 Å². The zero-order valence-electron chi connectivity index (χ0n) is 19.4. The number of carbonyl (C=O) groups is 2. The number of hydrogen-bond donors (Lipinski definition) is 3. The van der Waals surface area contributed by atoms with Crippen molar-refractivity contribution in [1.29, 1.82) is 0 Å². The number of alkyl halides is 3. The maximum absolute atomic E-state index is 14.0. The van der Waals surface area contributed by atoms with Crippen LogP contribution in [0.4, 0.5) is 29.1 Å². The number of anilines is 2. The van der Waals surface area contributed by atoms with Gasteiger partial charge in [-0.05, 0) is 55.2 Å². The van der Waals surface area contributed by atoms with Crippen LogP contribution in [0.3, 0.4) is 0 Å². The summed E-state index contributed by atoms with van der Waals surface area (Å²) in [6, 6.07) is 5.49. The molecule has 5 rings (SSSR count). The molecular weight excluding hydrogens is 494 g/mol. The second-order valence-electron chi connectivity index (χ2n) is 8.93. The van der Waals surface area contributed by atoms with Crippen LogP contribution in [0.25, 0.3) is 0 Å². The molecule has 37 heavy (non-hydrogen) atoms. The average molecular weight is 515 g/mol. The molecule has 8 nitrogen and oxygen atoms in total. The Kier molecular flexibility index (Phi) is 6.28. The summed E-state index contributed by atoms with van der Waals surface area (Å²) >= 11 is 0.